The van der Waals surface area contributed by atoms with Gasteiger partial charge in [0.05, 0.1) is 6.54 Å². The number of carbonyl (C=O) groups is 1. The Balaban J connectivity index is 1.83. The van der Waals surface area contributed by atoms with Gasteiger partial charge in [0.25, 0.3) is 0 Å². The first-order valence-corrected chi connectivity index (χ1v) is 7.43. The monoisotopic (exact) mass is 237 g/mol. The zero-order valence-corrected chi connectivity index (χ0v) is 11.5. The summed E-state index contributed by atoms with van der Waals surface area (Å²) in [5.41, 5.74) is 0. The van der Waals surface area contributed by atoms with Crippen molar-refractivity contribution in [1.29, 1.82) is 0 Å². The van der Waals surface area contributed by atoms with Crippen LogP contribution in [0.5, 0.6) is 0 Å². The average molecular weight is 237 g/mol. The Hall–Kier alpha value is -0.370. The Morgan fingerprint density at radius 3 is 2.35 bits per heavy atom. The van der Waals surface area contributed by atoms with Gasteiger partial charge in [-0.15, -0.1) is 0 Å². The van der Waals surface area contributed by atoms with Crippen molar-refractivity contribution >= 4 is 5.78 Å². The molecule has 98 valence electrons. The Morgan fingerprint density at radius 2 is 1.82 bits per heavy atom. The van der Waals surface area contributed by atoms with Crippen LogP contribution in [0.4, 0.5) is 0 Å². The van der Waals surface area contributed by atoms with Crippen LogP contribution in [0, 0.1) is 11.8 Å². The highest BCUT2D eigenvalue weighted by molar-refractivity contribution is 5.85. The highest BCUT2D eigenvalue weighted by Gasteiger charge is 2.32. The highest BCUT2D eigenvalue weighted by Crippen LogP contribution is 2.31. The molecule has 0 aliphatic heterocycles. The normalized spacial score (nSPS) is 21.6. The summed E-state index contributed by atoms with van der Waals surface area (Å²) in [6, 6.07) is 0.705. The van der Waals surface area contributed by atoms with Crippen LogP contribution in [0.25, 0.3) is 0 Å². The van der Waals surface area contributed by atoms with E-state index in [0.29, 0.717) is 17.7 Å². The van der Waals surface area contributed by atoms with Crippen molar-refractivity contribution in [2.45, 2.75) is 64.8 Å². The fraction of sp³-hybridized carbons (Fsp3) is 0.933. The highest BCUT2D eigenvalue weighted by atomic mass is 16.1. The van der Waals surface area contributed by atoms with Crippen LogP contribution in [0.1, 0.15) is 58.8 Å². The van der Waals surface area contributed by atoms with E-state index in [4.69, 9.17) is 0 Å². The predicted octanol–water partition coefficient (Wildman–Crippen LogP) is 3.26. The van der Waals surface area contributed by atoms with Crippen LogP contribution in [0.15, 0.2) is 0 Å². The molecule has 0 radical (unpaired) electrons. The molecule has 0 heterocycles. The van der Waals surface area contributed by atoms with E-state index in [-0.39, 0.29) is 0 Å². The van der Waals surface area contributed by atoms with Crippen LogP contribution in [-0.2, 0) is 4.79 Å². The number of ketones is 1. The zero-order chi connectivity index (χ0) is 12.3. The third kappa shape index (κ3) is 4.09. The van der Waals surface area contributed by atoms with Gasteiger partial charge in [-0.2, -0.15) is 0 Å². The summed E-state index contributed by atoms with van der Waals surface area (Å²) in [6.45, 7) is 6.41. The first-order valence-electron chi connectivity index (χ1n) is 7.43. The summed E-state index contributed by atoms with van der Waals surface area (Å²) in [4.78, 5) is 14.5. The van der Waals surface area contributed by atoms with Crippen molar-refractivity contribution in [3.8, 4) is 0 Å². The summed E-state index contributed by atoms with van der Waals surface area (Å²) in [7, 11) is 0. The van der Waals surface area contributed by atoms with Crippen molar-refractivity contribution in [3.63, 3.8) is 0 Å². The van der Waals surface area contributed by atoms with E-state index in [1.54, 1.807) is 0 Å². The lowest BCUT2D eigenvalue weighted by Crippen LogP contribution is -2.39. The molecule has 2 nitrogen and oxygen atoms in total. The van der Waals surface area contributed by atoms with Crippen LogP contribution in [-0.4, -0.2) is 29.8 Å². The van der Waals surface area contributed by atoms with Crippen molar-refractivity contribution < 1.29 is 4.79 Å². The summed E-state index contributed by atoms with van der Waals surface area (Å²) >= 11 is 0. The molecule has 0 aromatic carbocycles. The lowest BCUT2D eigenvalue weighted by molar-refractivity contribution is -0.122. The third-order valence-corrected chi connectivity index (χ3v) is 4.23. The minimum atomic E-state index is 0.429. The van der Waals surface area contributed by atoms with Gasteiger partial charge in [-0.25, -0.2) is 0 Å². The number of hydrogen-bond acceptors (Lipinski definition) is 2. The van der Waals surface area contributed by atoms with E-state index < -0.39 is 0 Å². The quantitative estimate of drug-likeness (QED) is 0.677. The van der Waals surface area contributed by atoms with E-state index >= 15 is 0 Å². The third-order valence-electron chi connectivity index (χ3n) is 4.23. The molecular weight excluding hydrogens is 210 g/mol. The maximum absolute atomic E-state index is 12.0. The minimum Gasteiger partial charge on any atom is -0.298 e. The molecule has 0 aromatic rings. The van der Waals surface area contributed by atoms with Crippen LogP contribution < -0.4 is 0 Å². The molecular formula is C15H27NO. The molecule has 0 bridgehead atoms. The molecule has 0 amide bonds. The van der Waals surface area contributed by atoms with Gasteiger partial charge in [-0.3, -0.25) is 9.69 Å². The summed E-state index contributed by atoms with van der Waals surface area (Å²) in [6.07, 6.45) is 8.89. The van der Waals surface area contributed by atoms with E-state index in [1.807, 2.05) is 0 Å². The second kappa shape index (κ2) is 5.99. The number of carbonyl (C=O) groups excluding carboxylic acids is 1. The van der Waals surface area contributed by atoms with E-state index in [0.717, 1.165) is 31.8 Å². The molecule has 0 aromatic heterocycles. The number of hydrogen-bond donors (Lipinski definition) is 0. The first kappa shape index (κ1) is 13.1. The van der Waals surface area contributed by atoms with E-state index in [9.17, 15) is 4.79 Å². The van der Waals surface area contributed by atoms with Gasteiger partial charge < -0.3 is 0 Å². The maximum atomic E-state index is 12.0. The molecule has 0 spiro atoms. The fourth-order valence-electron chi connectivity index (χ4n) is 2.82. The van der Waals surface area contributed by atoms with Gasteiger partial charge in [-0.05, 0) is 44.6 Å². The average Bonchev–Trinajstić information content (AvgIpc) is 3.00. The predicted molar refractivity (Wildman–Crippen MR) is 71.0 cm³/mol. The molecule has 0 N–H and O–H groups in total. The first-order chi connectivity index (χ1) is 8.16. The Bertz CT molecular complexity index is 252. The van der Waals surface area contributed by atoms with Gasteiger partial charge in [0.15, 0.2) is 0 Å². The lowest BCUT2D eigenvalue weighted by atomic mass is 10.1. The topological polar surface area (TPSA) is 20.3 Å². The molecule has 0 atom stereocenters. The van der Waals surface area contributed by atoms with Crippen LogP contribution >= 0.6 is 0 Å². The van der Waals surface area contributed by atoms with Gasteiger partial charge in [0.1, 0.15) is 5.78 Å². The minimum absolute atomic E-state index is 0.429. The number of nitrogens with zero attached hydrogens (tertiary/aromatic N) is 1. The van der Waals surface area contributed by atoms with Crippen LogP contribution in [0.3, 0.4) is 0 Å². The molecule has 0 saturated heterocycles. The summed E-state index contributed by atoms with van der Waals surface area (Å²) in [5, 5.41) is 0. The number of Topliss-reactive ketones (excluding diaryl/α,β-unsaturated/α-hetero) is 1. The smallest absolute Gasteiger partial charge is 0.149 e. The van der Waals surface area contributed by atoms with E-state index in [1.165, 1.54) is 32.1 Å². The molecule has 2 aliphatic rings. The zero-order valence-electron chi connectivity index (χ0n) is 11.5. The van der Waals surface area contributed by atoms with Gasteiger partial charge in [0, 0.05) is 12.0 Å². The Morgan fingerprint density at radius 1 is 1.18 bits per heavy atom. The van der Waals surface area contributed by atoms with Gasteiger partial charge in [0.2, 0.25) is 0 Å². The van der Waals surface area contributed by atoms with Crippen molar-refractivity contribution in [1.82, 2.24) is 4.90 Å². The van der Waals surface area contributed by atoms with Crippen LogP contribution in [0.2, 0.25) is 0 Å². The van der Waals surface area contributed by atoms with Crippen molar-refractivity contribution in [3.05, 3.63) is 0 Å². The van der Waals surface area contributed by atoms with Gasteiger partial charge >= 0.3 is 0 Å². The molecule has 2 aliphatic carbocycles. The summed E-state index contributed by atoms with van der Waals surface area (Å²) in [5.74, 6) is 1.69. The number of rotatable bonds is 7. The SMILES string of the molecule is CC(C)CCN(CC(=O)C1CC1)C1CCCC1. The van der Waals surface area contributed by atoms with Crippen molar-refractivity contribution in [2.24, 2.45) is 11.8 Å². The molecule has 2 fully saturated rings. The fourth-order valence-corrected chi connectivity index (χ4v) is 2.82. The van der Waals surface area contributed by atoms with E-state index in [2.05, 4.69) is 18.7 Å². The van der Waals surface area contributed by atoms with Gasteiger partial charge in [-0.1, -0.05) is 26.7 Å². The molecule has 2 heteroatoms. The summed E-state index contributed by atoms with van der Waals surface area (Å²) < 4.78 is 0. The standard InChI is InChI=1S/C15H27NO/c1-12(2)9-10-16(14-5-3-4-6-14)11-15(17)13-7-8-13/h12-14H,3-11H2,1-2H3. The maximum Gasteiger partial charge on any atom is 0.149 e. The largest absolute Gasteiger partial charge is 0.298 e. The Labute approximate surface area is 106 Å². The van der Waals surface area contributed by atoms with Crippen molar-refractivity contribution in [2.75, 3.05) is 13.1 Å². The second-order valence-corrected chi connectivity index (χ2v) is 6.33. The molecule has 2 rings (SSSR count). The molecule has 17 heavy (non-hydrogen) atoms. The molecule has 2 saturated carbocycles. The molecule has 0 unspecified atom stereocenters. The second-order valence-electron chi connectivity index (χ2n) is 6.33. The Kier molecular flexibility index (Phi) is 4.61. The lowest BCUT2D eigenvalue weighted by Gasteiger charge is -2.28.